The van der Waals surface area contributed by atoms with Crippen LogP contribution in [0.4, 0.5) is 10.1 Å². The maximum Gasteiger partial charge on any atom is 0.124 e. The molecule has 0 aliphatic rings. The average molecular weight is 235 g/mol. The Kier molecular flexibility index (Phi) is 4.47. The van der Waals surface area contributed by atoms with Gasteiger partial charge in [-0.05, 0) is 31.0 Å². The zero-order valence-electron chi connectivity index (χ0n) is 10.3. The first-order valence-electron chi connectivity index (χ1n) is 5.78. The fourth-order valence-electron chi connectivity index (χ4n) is 1.77. The number of halogens is 1. The largest absolute Gasteiger partial charge is 0.377 e. The lowest BCUT2D eigenvalue weighted by atomic mass is 9.92. The van der Waals surface area contributed by atoms with Gasteiger partial charge < -0.3 is 11.1 Å². The van der Waals surface area contributed by atoms with Crippen molar-refractivity contribution in [2.45, 2.75) is 32.2 Å². The molecule has 3 nitrogen and oxygen atoms in total. The van der Waals surface area contributed by atoms with Crippen molar-refractivity contribution in [3.8, 4) is 6.07 Å². The molecule has 0 heterocycles. The fourth-order valence-corrected chi connectivity index (χ4v) is 1.77. The Labute approximate surface area is 101 Å². The molecule has 1 rings (SSSR count). The van der Waals surface area contributed by atoms with Gasteiger partial charge in [-0.25, -0.2) is 4.39 Å². The highest BCUT2D eigenvalue weighted by Crippen LogP contribution is 2.24. The van der Waals surface area contributed by atoms with E-state index < -0.39 is 5.82 Å². The molecule has 0 saturated carbocycles. The first-order chi connectivity index (χ1) is 8.10. The summed E-state index contributed by atoms with van der Waals surface area (Å²) < 4.78 is 13.0. The first-order valence-corrected chi connectivity index (χ1v) is 5.78. The predicted octanol–water partition coefficient (Wildman–Crippen LogP) is 2.63. The Morgan fingerprint density at radius 1 is 1.41 bits per heavy atom. The number of anilines is 1. The summed E-state index contributed by atoms with van der Waals surface area (Å²) in [5, 5.41) is 12.2. The second-order valence-electron chi connectivity index (χ2n) is 4.12. The molecular formula is C13H18FN3. The Bertz CT molecular complexity index is 411. The number of nitrogens with two attached hydrogens (primary N) is 1. The normalized spacial score (nSPS) is 11.0. The van der Waals surface area contributed by atoms with Crippen LogP contribution in [0, 0.1) is 17.1 Å². The number of hydrogen-bond donors (Lipinski definition) is 2. The molecule has 4 heteroatoms. The van der Waals surface area contributed by atoms with E-state index in [1.54, 1.807) is 6.07 Å². The van der Waals surface area contributed by atoms with Crippen molar-refractivity contribution in [2.24, 2.45) is 5.73 Å². The lowest BCUT2D eigenvalue weighted by molar-refractivity contribution is 0.445. The van der Waals surface area contributed by atoms with Gasteiger partial charge in [0.2, 0.25) is 0 Å². The SMILES string of the molecule is CCC(CC)(CN)Nc1ccc(F)cc1C#N. The Morgan fingerprint density at radius 2 is 2.06 bits per heavy atom. The third-order valence-electron chi connectivity index (χ3n) is 3.25. The summed E-state index contributed by atoms with van der Waals surface area (Å²) in [6.07, 6.45) is 1.70. The number of hydrogen-bond acceptors (Lipinski definition) is 3. The van der Waals surface area contributed by atoms with Crippen LogP contribution in [0.2, 0.25) is 0 Å². The third kappa shape index (κ3) is 2.95. The number of rotatable bonds is 5. The van der Waals surface area contributed by atoms with Gasteiger partial charge >= 0.3 is 0 Å². The minimum absolute atomic E-state index is 0.233. The summed E-state index contributed by atoms with van der Waals surface area (Å²) in [5.74, 6) is -0.404. The maximum atomic E-state index is 13.0. The van der Waals surface area contributed by atoms with Crippen molar-refractivity contribution in [1.29, 1.82) is 5.26 Å². The van der Waals surface area contributed by atoms with Crippen molar-refractivity contribution >= 4 is 5.69 Å². The summed E-state index contributed by atoms with van der Waals surface area (Å²) in [7, 11) is 0. The first kappa shape index (κ1) is 13.5. The summed E-state index contributed by atoms with van der Waals surface area (Å²) in [5.41, 5.74) is 6.50. The molecule has 0 fully saturated rings. The van der Waals surface area contributed by atoms with Crippen molar-refractivity contribution in [3.63, 3.8) is 0 Å². The number of nitrogens with one attached hydrogen (secondary N) is 1. The molecule has 1 aromatic rings. The van der Waals surface area contributed by atoms with Gasteiger partial charge in [-0.2, -0.15) is 5.26 Å². The zero-order chi connectivity index (χ0) is 12.9. The standard InChI is InChI=1S/C13H18FN3/c1-3-13(4-2,9-16)17-12-6-5-11(14)7-10(12)8-15/h5-7,17H,3-4,9,16H2,1-2H3. The van der Waals surface area contributed by atoms with Crippen LogP contribution in [0.3, 0.4) is 0 Å². The van der Waals surface area contributed by atoms with Gasteiger partial charge in [0.05, 0.1) is 11.3 Å². The van der Waals surface area contributed by atoms with E-state index in [1.807, 2.05) is 19.9 Å². The summed E-state index contributed by atoms with van der Waals surface area (Å²) in [6, 6.07) is 6.15. The molecule has 0 aromatic heterocycles. The van der Waals surface area contributed by atoms with Crippen molar-refractivity contribution in [3.05, 3.63) is 29.6 Å². The van der Waals surface area contributed by atoms with Crippen molar-refractivity contribution in [1.82, 2.24) is 0 Å². The Morgan fingerprint density at radius 3 is 2.53 bits per heavy atom. The van der Waals surface area contributed by atoms with Crippen LogP contribution in [-0.2, 0) is 0 Å². The Balaban J connectivity index is 3.06. The second kappa shape index (κ2) is 5.65. The van der Waals surface area contributed by atoms with E-state index >= 15 is 0 Å². The van der Waals surface area contributed by atoms with E-state index in [1.165, 1.54) is 12.1 Å². The molecule has 0 amide bonds. The molecule has 0 saturated heterocycles. The van der Waals surface area contributed by atoms with Gasteiger partial charge in [0.1, 0.15) is 11.9 Å². The van der Waals surface area contributed by atoms with Crippen molar-refractivity contribution in [2.75, 3.05) is 11.9 Å². The molecule has 0 atom stereocenters. The molecule has 0 aliphatic heterocycles. The molecular weight excluding hydrogens is 217 g/mol. The Hall–Kier alpha value is -1.60. The minimum atomic E-state index is -0.404. The molecule has 17 heavy (non-hydrogen) atoms. The fraction of sp³-hybridized carbons (Fsp3) is 0.462. The van der Waals surface area contributed by atoms with Crippen LogP contribution < -0.4 is 11.1 Å². The van der Waals surface area contributed by atoms with Gasteiger partial charge in [0, 0.05) is 12.1 Å². The average Bonchev–Trinajstić information content (AvgIpc) is 2.37. The summed E-state index contributed by atoms with van der Waals surface area (Å²) in [6.45, 7) is 4.56. The minimum Gasteiger partial charge on any atom is -0.377 e. The summed E-state index contributed by atoms with van der Waals surface area (Å²) >= 11 is 0. The molecule has 0 radical (unpaired) electrons. The molecule has 0 aliphatic carbocycles. The van der Waals surface area contributed by atoms with Gasteiger partial charge in [0.25, 0.3) is 0 Å². The van der Waals surface area contributed by atoms with Gasteiger partial charge in [-0.3, -0.25) is 0 Å². The highest BCUT2D eigenvalue weighted by atomic mass is 19.1. The van der Waals surface area contributed by atoms with E-state index in [9.17, 15) is 4.39 Å². The zero-order valence-corrected chi connectivity index (χ0v) is 10.3. The van der Waals surface area contributed by atoms with Crippen LogP contribution in [-0.4, -0.2) is 12.1 Å². The molecule has 0 spiro atoms. The van der Waals surface area contributed by atoms with Gasteiger partial charge in [-0.15, -0.1) is 0 Å². The van der Waals surface area contributed by atoms with Crippen LogP contribution >= 0.6 is 0 Å². The third-order valence-corrected chi connectivity index (χ3v) is 3.25. The quantitative estimate of drug-likeness (QED) is 0.824. The molecule has 0 unspecified atom stereocenters. The van der Waals surface area contributed by atoms with Crippen LogP contribution in [0.15, 0.2) is 18.2 Å². The molecule has 3 N–H and O–H groups in total. The topological polar surface area (TPSA) is 61.8 Å². The highest BCUT2D eigenvalue weighted by Gasteiger charge is 2.24. The number of nitriles is 1. The van der Waals surface area contributed by atoms with E-state index in [-0.39, 0.29) is 5.54 Å². The molecule has 1 aromatic carbocycles. The summed E-state index contributed by atoms with van der Waals surface area (Å²) in [4.78, 5) is 0. The molecule has 0 bridgehead atoms. The van der Waals surface area contributed by atoms with E-state index in [2.05, 4.69) is 5.32 Å². The molecule has 92 valence electrons. The monoisotopic (exact) mass is 235 g/mol. The van der Waals surface area contributed by atoms with E-state index in [0.29, 0.717) is 17.8 Å². The number of benzene rings is 1. The van der Waals surface area contributed by atoms with Gasteiger partial charge in [0.15, 0.2) is 0 Å². The second-order valence-corrected chi connectivity index (χ2v) is 4.12. The van der Waals surface area contributed by atoms with Crippen LogP contribution in [0.25, 0.3) is 0 Å². The lowest BCUT2D eigenvalue weighted by Crippen LogP contribution is -2.44. The predicted molar refractivity (Wildman–Crippen MR) is 67.1 cm³/mol. The van der Waals surface area contributed by atoms with E-state index in [4.69, 9.17) is 11.0 Å². The smallest absolute Gasteiger partial charge is 0.124 e. The van der Waals surface area contributed by atoms with E-state index in [0.717, 1.165) is 12.8 Å². The van der Waals surface area contributed by atoms with Crippen LogP contribution in [0.1, 0.15) is 32.3 Å². The maximum absolute atomic E-state index is 13.0. The lowest BCUT2D eigenvalue weighted by Gasteiger charge is -2.33. The highest BCUT2D eigenvalue weighted by molar-refractivity contribution is 5.58. The van der Waals surface area contributed by atoms with Crippen LogP contribution in [0.5, 0.6) is 0 Å². The van der Waals surface area contributed by atoms with Gasteiger partial charge in [-0.1, -0.05) is 13.8 Å². The number of nitrogens with zero attached hydrogens (tertiary/aromatic N) is 1. The van der Waals surface area contributed by atoms with Crippen molar-refractivity contribution < 1.29 is 4.39 Å².